The van der Waals surface area contributed by atoms with E-state index < -0.39 is 11.2 Å². The third-order valence-corrected chi connectivity index (χ3v) is 3.38. The van der Waals surface area contributed by atoms with Crippen molar-refractivity contribution < 1.29 is 4.74 Å². The van der Waals surface area contributed by atoms with Crippen molar-refractivity contribution in [1.82, 2.24) is 9.55 Å². The van der Waals surface area contributed by atoms with Crippen LogP contribution in [-0.4, -0.2) is 9.55 Å². The SMILES string of the molecule is C=C(O/C=C\C)c1cn(CCc2ccc(C#N)cc2)c(=O)[nH]c1=O. The highest BCUT2D eigenvalue weighted by molar-refractivity contribution is 5.55. The summed E-state index contributed by atoms with van der Waals surface area (Å²) in [5.41, 5.74) is 0.741. The van der Waals surface area contributed by atoms with E-state index in [-0.39, 0.29) is 11.3 Å². The van der Waals surface area contributed by atoms with Crippen LogP contribution in [0.15, 0.2) is 59.0 Å². The van der Waals surface area contributed by atoms with Crippen LogP contribution < -0.4 is 11.2 Å². The zero-order valence-corrected chi connectivity index (χ0v) is 13.3. The van der Waals surface area contributed by atoms with Crippen molar-refractivity contribution in [1.29, 1.82) is 5.26 Å². The second-order valence-corrected chi connectivity index (χ2v) is 5.06. The van der Waals surface area contributed by atoms with E-state index in [4.69, 9.17) is 10.00 Å². The lowest BCUT2D eigenvalue weighted by molar-refractivity contribution is 0.435. The molecule has 0 bridgehead atoms. The van der Waals surface area contributed by atoms with Crippen LogP contribution >= 0.6 is 0 Å². The van der Waals surface area contributed by atoms with Gasteiger partial charge in [-0.1, -0.05) is 24.8 Å². The summed E-state index contributed by atoms with van der Waals surface area (Å²) in [7, 11) is 0. The molecule has 2 rings (SSSR count). The standard InChI is InChI=1S/C18H17N3O3/c1-3-10-24-13(2)16-12-21(18(23)20-17(16)22)9-8-14-4-6-15(11-19)7-5-14/h3-7,10,12H,2,8-9H2,1H3,(H,20,22,23)/b10-3-. The Morgan fingerprint density at radius 3 is 2.71 bits per heavy atom. The molecule has 6 heteroatoms. The molecule has 0 aliphatic rings. The molecule has 0 aliphatic carbocycles. The van der Waals surface area contributed by atoms with E-state index in [2.05, 4.69) is 17.6 Å². The lowest BCUT2D eigenvalue weighted by Crippen LogP contribution is -2.32. The third-order valence-electron chi connectivity index (χ3n) is 3.38. The van der Waals surface area contributed by atoms with Gasteiger partial charge >= 0.3 is 5.69 Å². The molecule has 0 atom stereocenters. The fourth-order valence-corrected chi connectivity index (χ4v) is 2.08. The molecule has 1 N–H and O–H groups in total. The number of nitriles is 1. The fourth-order valence-electron chi connectivity index (χ4n) is 2.08. The molecule has 1 heterocycles. The Morgan fingerprint density at radius 2 is 2.08 bits per heavy atom. The number of hydrogen-bond donors (Lipinski definition) is 1. The quantitative estimate of drug-likeness (QED) is 0.825. The zero-order valence-electron chi connectivity index (χ0n) is 13.3. The predicted octanol–water partition coefficient (Wildman–Crippen LogP) is 2.17. The molecule has 0 saturated carbocycles. The van der Waals surface area contributed by atoms with E-state index in [0.29, 0.717) is 18.5 Å². The van der Waals surface area contributed by atoms with Crippen LogP contribution in [0.25, 0.3) is 5.76 Å². The molecular weight excluding hydrogens is 306 g/mol. The van der Waals surface area contributed by atoms with Crippen molar-refractivity contribution in [2.24, 2.45) is 0 Å². The van der Waals surface area contributed by atoms with Gasteiger partial charge < -0.3 is 4.74 Å². The first-order valence-electron chi connectivity index (χ1n) is 7.35. The summed E-state index contributed by atoms with van der Waals surface area (Å²) in [5.74, 6) is 0.168. The van der Waals surface area contributed by atoms with E-state index >= 15 is 0 Å². The summed E-state index contributed by atoms with van der Waals surface area (Å²) < 4.78 is 6.60. The smallest absolute Gasteiger partial charge is 0.328 e. The van der Waals surface area contributed by atoms with E-state index in [0.717, 1.165) is 5.56 Å². The number of nitrogens with one attached hydrogen (secondary N) is 1. The molecular formula is C18H17N3O3. The molecule has 2 aromatic rings. The van der Waals surface area contributed by atoms with Crippen LogP contribution in [0.2, 0.25) is 0 Å². The fraction of sp³-hybridized carbons (Fsp3) is 0.167. The highest BCUT2D eigenvalue weighted by Crippen LogP contribution is 2.09. The van der Waals surface area contributed by atoms with Gasteiger partial charge in [-0.15, -0.1) is 0 Å². The first-order valence-corrected chi connectivity index (χ1v) is 7.35. The largest absolute Gasteiger partial charge is 0.465 e. The second-order valence-electron chi connectivity index (χ2n) is 5.06. The number of aromatic nitrogens is 2. The van der Waals surface area contributed by atoms with Gasteiger partial charge in [0.2, 0.25) is 0 Å². The van der Waals surface area contributed by atoms with E-state index in [1.54, 1.807) is 25.1 Å². The van der Waals surface area contributed by atoms with Crippen molar-refractivity contribution in [2.45, 2.75) is 19.9 Å². The van der Waals surface area contributed by atoms with E-state index in [1.165, 1.54) is 17.0 Å². The van der Waals surface area contributed by atoms with Crippen molar-refractivity contribution in [3.8, 4) is 6.07 Å². The van der Waals surface area contributed by atoms with Gasteiger partial charge in [0, 0.05) is 12.7 Å². The molecule has 1 aromatic heterocycles. The number of aromatic amines is 1. The maximum Gasteiger partial charge on any atom is 0.328 e. The van der Waals surface area contributed by atoms with Gasteiger partial charge in [-0.25, -0.2) is 4.79 Å². The Morgan fingerprint density at radius 1 is 1.38 bits per heavy atom. The Balaban J connectivity index is 2.20. The Labute approximate surface area is 139 Å². The third kappa shape index (κ3) is 4.11. The first-order chi connectivity index (χ1) is 11.5. The van der Waals surface area contributed by atoms with Gasteiger partial charge in [-0.2, -0.15) is 5.26 Å². The van der Waals surface area contributed by atoms with Gasteiger partial charge in [0.15, 0.2) is 0 Å². The summed E-state index contributed by atoms with van der Waals surface area (Å²) in [4.78, 5) is 26.1. The number of H-pyrrole nitrogens is 1. The summed E-state index contributed by atoms with van der Waals surface area (Å²) in [6, 6.07) is 9.18. The number of benzene rings is 1. The number of ether oxygens (including phenoxy) is 1. The van der Waals surface area contributed by atoms with Crippen LogP contribution in [0.4, 0.5) is 0 Å². The minimum Gasteiger partial charge on any atom is -0.465 e. The first kappa shape index (κ1) is 17.0. The lowest BCUT2D eigenvalue weighted by atomic mass is 10.1. The molecule has 1 aromatic carbocycles. The minimum atomic E-state index is -0.538. The molecule has 0 fully saturated rings. The topological polar surface area (TPSA) is 87.9 Å². The highest BCUT2D eigenvalue weighted by Gasteiger charge is 2.09. The Bertz CT molecular complexity index is 912. The molecule has 6 nitrogen and oxygen atoms in total. The van der Waals surface area contributed by atoms with Crippen LogP contribution in [0.3, 0.4) is 0 Å². The molecule has 0 aliphatic heterocycles. The average molecular weight is 323 g/mol. The molecule has 24 heavy (non-hydrogen) atoms. The van der Waals surface area contributed by atoms with Gasteiger partial charge in [0.1, 0.15) is 5.76 Å². The number of hydrogen-bond acceptors (Lipinski definition) is 4. The Hall–Kier alpha value is -3.33. The van der Waals surface area contributed by atoms with Crippen LogP contribution in [0.5, 0.6) is 0 Å². The second kappa shape index (κ2) is 7.79. The molecule has 122 valence electrons. The number of aryl methyl sites for hydroxylation is 2. The number of nitrogens with zero attached hydrogens (tertiary/aromatic N) is 2. The average Bonchev–Trinajstić information content (AvgIpc) is 2.59. The molecule has 0 radical (unpaired) electrons. The summed E-state index contributed by atoms with van der Waals surface area (Å²) in [5, 5.41) is 8.79. The number of allylic oxidation sites excluding steroid dienone is 1. The van der Waals surface area contributed by atoms with Crippen molar-refractivity contribution in [2.75, 3.05) is 0 Å². The maximum atomic E-state index is 11.9. The van der Waals surface area contributed by atoms with Crippen LogP contribution in [-0.2, 0) is 17.7 Å². The highest BCUT2D eigenvalue weighted by atomic mass is 16.5. The van der Waals surface area contributed by atoms with Crippen molar-refractivity contribution in [3.05, 3.63) is 86.9 Å². The van der Waals surface area contributed by atoms with E-state index in [9.17, 15) is 9.59 Å². The van der Waals surface area contributed by atoms with E-state index in [1.807, 2.05) is 12.1 Å². The van der Waals surface area contributed by atoms with Gasteiger partial charge in [0.25, 0.3) is 5.56 Å². The summed E-state index contributed by atoms with van der Waals surface area (Å²) in [6.07, 6.45) is 5.10. The minimum absolute atomic E-state index is 0.168. The monoisotopic (exact) mass is 323 g/mol. The molecule has 0 amide bonds. The maximum absolute atomic E-state index is 11.9. The normalized spacial score (nSPS) is 10.5. The zero-order chi connectivity index (χ0) is 17.5. The summed E-state index contributed by atoms with van der Waals surface area (Å²) in [6.45, 7) is 5.85. The van der Waals surface area contributed by atoms with Crippen molar-refractivity contribution in [3.63, 3.8) is 0 Å². The van der Waals surface area contributed by atoms with Gasteiger partial charge in [-0.3, -0.25) is 14.3 Å². The predicted molar refractivity (Wildman–Crippen MR) is 91.1 cm³/mol. The lowest BCUT2D eigenvalue weighted by Gasteiger charge is -2.09. The van der Waals surface area contributed by atoms with Crippen LogP contribution in [0, 0.1) is 11.3 Å². The number of rotatable bonds is 6. The molecule has 0 spiro atoms. The Kier molecular flexibility index (Phi) is 5.53. The molecule has 0 unspecified atom stereocenters. The van der Waals surface area contributed by atoms with Gasteiger partial charge in [0.05, 0.1) is 23.5 Å². The summed E-state index contributed by atoms with van der Waals surface area (Å²) >= 11 is 0. The van der Waals surface area contributed by atoms with Gasteiger partial charge in [-0.05, 0) is 31.0 Å². The van der Waals surface area contributed by atoms with Crippen molar-refractivity contribution >= 4 is 5.76 Å². The van der Waals surface area contributed by atoms with Crippen LogP contribution in [0.1, 0.15) is 23.6 Å². The molecule has 0 saturated heterocycles.